The number of hydrogen-bond donors (Lipinski definition) is 0. The van der Waals surface area contributed by atoms with Crippen LogP contribution in [0.25, 0.3) is 11.5 Å². The van der Waals surface area contributed by atoms with Crippen molar-refractivity contribution in [1.82, 2.24) is 19.4 Å². The monoisotopic (exact) mass is 372 g/mol. The molecule has 1 aromatic carbocycles. The van der Waals surface area contributed by atoms with Crippen molar-refractivity contribution in [2.75, 3.05) is 19.7 Å². The Bertz CT molecular complexity index is 976. The Balaban J connectivity index is 1.55. The topological polar surface area (TPSA) is 98.4 Å². The smallest absolute Gasteiger partial charge is 0.260 e. The van der Waals surface area contributed by atoms with Gasteiger partial charge in [-0.25, -0.2) is 13.4 Å². The van der Waals surface area contributed by atoms with E-state index in [2.05, 4.69) is 15.1 Å². The molecule has 1 atom stereocenters. The van der Waals surface area contributed by atoms with Gasteiger partial charge in [0.15, 0.2) is 5.03 Å². The third-order valence-electron chi connectivity index (χ3n) is 4.02. The van der Waals surface area contributed by atoms with Crippen molar-refractivity contribution in [3.63, 3.8) is 0 Å². The molecule has 1 saturated heterocycles. The number of aromatic nitrogens is 3. The quantitative estimate of drug-likeness (QED) is 0.690. The van der Waals surface area contributed by atoms with Crippen molar-refractivity contribution >= 4 is 10.0 Å². The van der Waals surface area contributed by atoms with E-state index in [-0.39, 0.29) is 24.7 Å². The third-order valence-corrected chi connectivity index (χ3v) is 5.80. The van der Waals surface area contributed by atoms with E-state index in [0.29, 0.717) is 11.7 Å². The predicted molar refractivity (Wildman–Crippen MR) is 91.4 cm³/mol. The summed E-state index contributed by atoms with van der Waals surface area (Å²) in [4.78, 5) is 8.30. The molecule has 1 aliphatic heterocycles. The zero-order chi connectivity index (χ0) is 18.0. The van der Waals surface area contributed by atoms with E-state index >= 15 is 0 Å². The van der Waals surface area contributed by atoms with Crippen LogP contribution in [0.5, 0.6) is 0 Å². The highest BCUT2D eigenvalue weighted by Crippen LogP contribution is 2.26. The Kier molecular flexibility index (Phi) is 4.49. The molecule has 0 saturated carbocycles. The maximum absolute atomic E-state index is 12.7. The first-order chi connectivity index (χ1) is 12.6. The Morgan fingerprint density at radius 3 is 2.65 bits per heavy atom. The van der Waals surface area contributed by atoms with Crippen LogP contribution in [-0.2, 0) is 14.8 Å². The lowest BCUT2D eigenvalue weighted by Crippen LogP contribution is -2.42. The number of nitrogens with zero attached hydrogens (tertiary/aromatic N) is 4. The number of sulfonamides is 1. The number of benzene rings is 1. The zero-order valence-corrected chi connectivity index (χ0v) is 14.5. The molecule has 4 rings (SSSR count). The molecule has 0 bridgehead atoms. The highest BCUT2D eigenvalue weighted by Gasteiger charge is 2.34. The maximum atomic E-state index is 12.7. The first kappa shape index (κ1) is 16.8. The van der Waals surface area contributed by atoms with E-state index in [1.807, 2.05) is 30.3 Å². The standard InChI is InChI=1S/C17H16N4O4S/c22-26(23,15-8-4-5-9-18-15)21-10-11-24-14(12-21)16-19-17(25-20-16)13-6-2-1-3-7-13/h1-9,14H,10-12H2/t14-/m1/s1. The van der Waals surface area contributed by atoms with E-state index in [1.54, 1.807) is 12.1 Å². The fraction of sp³-hybridized carbons (Fsp3) is 0.235. The van der Waals surface area contributed by atoms with Gasteiger partial charge in [-0.3, -0.25) is 0 Å². The second kappa shape index (κ2) is 6.94. The number of ether oxygens (including phenoxy) is 1. The number of rotatable bonds is 4. The summed E-state index contributed by atoms with van der Waals surface area (Å²) in [7, 11) is -3.69. The number of hydrogen-bond acceptors (Lipinski definition) is 7. The maximum Gasteiger partial charge on any atom is 0.260 e. The molecular weight excluding hydrogens is 356 g/mol. The van der Waals surface area contributed by atoms with Crippen LogP contribution in [0.2, 0.25) is 0 Å². The lowest BCUT2D eigenvalue weighted by atomic mass is 10.2. The van der Waals surface area contributed by atoms with Crippen molar-refractivity contribution in [2.45, 2.75) is 11.1 Å². The summed E-state index contributed by atoms with van der Waals surface area (Å²) >= 11 is 0. The van der Waals surface area contributed by atoms with Gasteiger partial charge in [0.25, 0.3) is 15.9 Å². The van der Waals surface area contributed by atoms with Crippen molar-refractivity contribution < 1.29 is 17.7 Å². The summed E-state index contributed by atoms with van der Waals surface area (Å²) in [5, 5.41) is 3.97. The first-order valence-electron chi connectivity index (χ1n) is 8.06. The van der Waals surface area contributed by atoms with Crippen molar-refractivity contribution in [3.8, 4) is 11.5 Å². The first-order valence-corrected chi connectivity index (χ1v) is 9.50. The molecule has 8 nitrogen and oxygen atoms in total. The Hall–Kier alpha value is -2.62. The van der Waals surface area contributed by atoms with Gasteiger partial charge in [-0.05, 0) is 24.3 Å². The molecule has 0 spiro atoms. The summed E-state index contributed by atoms with van der Waals surface area (Å²) in [6.07, 6.45) is 0.860. The third kappa shape index (κ3) is 3.24. The molecule has 0 radical (unpaired) electrons. The van der Waals surface area contributed by atoms with Crippen LogP contribution >= 0.6 is 0 Å². The number of morpholine rings is 1. The van der Waals surface area contributed by atoms with Crippen molar-refractivity contribution in [1.29, 1.82) is 0 Å². The highest BCUT2D eigenvalue weighted by atomic mass is 32.2. The number of pyridine rings is 1. The minimum atomic E-state index is -3.69. The molecule has 3 aromatic rings. The summed E-state index contributed by atoms with van der Waals surface area (Å²) in [6.45, 7) is 0.595. The summed E-state index contributed by atoms with van der Waals surface area (Å²) < 4.78 is 37.8. The summed E-state index contributed by atoms with van der Waals surface area (Å²) in [5.74, 6) is 0.693. The fourth-order valence-corrected chi connectivity index (χ4v) is 4.05. The largest absolute Gasteiger partial charge is 0.367 e. The molecule has 3 heterocycles. The Labute approximate surface area is 150 Å². The average molecular weight is 372 g/mol. The van der Waals surface area contributed by atoms with E-state index in [1.165, 1.54) is 16.6 Å². The van der Waals surface area contributed by atoms with Gasteiger partial charge in [0.1, 0.15) is 6.10 Å². The normalized spacial score (nSPS) is 18.7. The molecule has 0 aliphatic carbocycles. The van der Waals surface area contributed by atoms with Crippen molar-refractivity contribution in [2.24, 2.45) is 0 Å². The van der Waals surface area contributed by atoms with Crippen LogP contribution in [0, 0.1) is 0 Å². The van der Waals surface area contributed by atoms with Crippen LogP contribution in [0.1, 0.15) is 11.9 Å². The SMILES string of the molecule is O=S(=O)(c1ccccn1)N1CCO[C@@H](c2noc(-c3ccccc3)n2)C1. The van der Waals surface area contributed by atoms with Crippen LogP contribution in [0.4, 0.5) is 0 Å². The van der Waals surface area contributed by atoms with Gasteiger partial charge in [0, 0.05) is 24.8 Å². The van der Waals surface area contributed by atoms with E-state index in [4.69, 9.17) is 9.26 Å². The van der Waals surface area contributed by atoms with Crippen LogP contribution in [-0.4, -0.2) is 47.5 Å². The zero-order valence-electron chi connectivity index (χ0n) is 13.7. The minimum Gasteiger partial charge on any atom is -0.367 e. The van der Waals surface area contributed by atoms with E-state index in [0.717, 1.165) is 5.56 Å². The second-order valence-electron chi connectivity index (χ2n) is 5.71. The lowest BCUT2D eigenvalue weighted by Gasteiger charge is -2.30. The highest BCUT2D eigenvalue weighted by molar-refractivity contribution is 7.89. The van der Waals surface area contributed by atoms with Crippen molar-refractivity contribution in [3.05, 3.63) is 60.6 Å². The molecule has 0 N–H and O–H groups in total. The van der Waals surface area contributed by atoms with Gasteiger partial charge in [-0.15, -0.1) is 0 Å². The molecular formula is C17H16N4O4S. The Morgan fingerprint density at radius 1 is 1.08 bits per heavy atom. The van der Waals surface area contributed by atoms with Gasteiger partial charge in [-0.2, -0.15) is 9.29 Å². The molecule has 26 heavy (non-hydrogen) atoms. The van der Waals surface area contributed by atoms with E-state index in [9.17, 15) is 8.42 Å². The van der Waals surface area contributed by atoms with Gasteiger partial charge in [0.2, 0.25) is 5.82 Å². The van der Waals surface area contributed by atoms with Gasteiger partial charge < -0.3 is 9.26 Å². The second-order valence-corrected chi connectivity index (χ2v) is 7.60. The van der Waals surface area contributed by atoms with Gasteiger partial charge >= 0.3 is 0 Å². The van der Waals surface area contributed by atoms with Crippen LogP contribution in [0.3, 0.4) is 0 Å². The molecule has 1 fully saturated rings. The van der Waals surface area contributed by atoms with Crippen LogP contribution < -0.4 is 0 Å². The molecule has 0 unspecified atom stereocenters. The predicted octanol–water partition coefficient (Wildman–Crippen LogP) is 1.89. The minimum absolute atomic E-state index is 0.0127. The molecule has 2 aromatic heterocycles. The van der Waals surface area contributed by atoms with Gasteiger partial charge in [-0.1, -0.05) is 29.4 Å². The lowest BCUT2D eigenvalue weighted by molar-refractivity contribution is -0.00865. The molecule has 134 valence electrons. The van der Waals surface area contributed by atoms with Gasteiger partial charge in [0.05, 0.1) is 6.61 Å². The summed E-state index contributed by atoms with van der Waals surface area (Å²) in [6, 6.07) is 14.1. The van der Waals surface area contributed by atoms with Crippen LogP contribution in [0.15, 0.2) is 64.3 Å². The summed E-state index contributed by atoms with van der Waals surface area (Å²) in [5.41, 5.74) is 0.792. The molecule has 0 amide bonds. The molecule has 1 aliphatic rings. The Morgan fingerprint density at radius 2 is 1.88 bits per heavy atom. The van der Waals surface area contributed by atoms with E-state index < -0.39 is 16.1 Å². The fourth-order valence-electron chi connectivity index (χ4n) is 2.70. The average Bonchev–Trinajstić information content (AvgIpc) is 3.20. The molecule has 9 heteroatoms.